The van der Waals surface area contributed by atoms with Gasteiger partial charge in [-0.3, -0.25) is 9.59 Å². The fourth-order valence-corrected chi connectivity index (χ4v) is 5.60. The summed E-state index contributed by atoms with van der Waals surface area (Å²) in [7, 11) is -3.55. The maximum Gasteiger partial charge on any atom is 0.275 e. The summed E-state index contributed by atoms with van der Waals surface area (Å²) in [5.74, 6) is -4.92. The van der Waals surface area contributed by atoms with E-state index in [4.69, 9.17) is 11.6 Å². The van der Waals surface area contributed by atoms with Crippen LogP contribution < -0.4 is 10.2 Å². The second-order valence-corrected chi connectivity index (χ2v) is 12.3. The average Bonchev–Trinajstić information content (AvgIpc) is 3.33. The number of fused-ring (bicyclic) bond motifs is 1. The Morgan fingerprint density at radius 1 is 1.05 bits per heavy atom. The van der Waals surface area contributed by atoms with Crippen LogP contribution in [0.25, 0.3) is 11.3 Å². The summed E-state index contributed by atoms with van der Waals surface area (Å²) in [6.45, 7) is 1.50. The summed E-state index contributed by atoms with van der Waals surface area (Å²) in [5.41, 5.74) is 1.32. The molecular weight excluding hydrogens is 586 g/mol. The molecule has 0 radical (unpaired) electrons. The van der Waals surface area contributed by atoms with E-state index in [2.05, 4.69) is 10.4 Å². The van der Waals surface area contributed by atoms with Crippen molar-refractivity contribution in [2.24, 2.45) is 0 Å². The van der Waals surface area contributed by atoms with Crippen LogP contribution in [-0.4, -0.2) is 48.7 Å². The van der Waals surface area contributed by atoms with Gasteiger partial charge in [-0.2, -0.15) is 5.10 Å². The van der Waals surface area contributed by atoms with Crippen LogP contribution in [0.15, 0.2) is 90.0 Å². The molecule has 1 aliphatic rings. The maximum atomic E-state index is 15.6. The Morgan fingerprint density at radius 2 is 1.81 bits per heavy atom. The van der Waals surface area contributed by atoms with Crippen LogP contribution in [0.3, 0.4) is 0 Å². The van der Waals surface area contributed by atoms with Gasteiger partial charge in [-0.05, 0) is 55.5 Å². The molecule has 8 nitrogen and oxygen atoms in total. The third-order valence-electron chi connectivity index (χ3n) is 6.75. The molecule has 0 saturated heterocycles. The van der Waals surface area contributed by atoms with Crippen LogP contribution in [0.5, 0.6) is 0 Å². The minimum atomic E-state index is -3.55. The summed E-state index contributed by atoms with van der Waals surface area (Å²) in [6.07, 6.45) is 2.81. The van der Waals surface area contributed by atoms with Gasteiger partial charge in [0, 0.05) is 48.3 Å². The molecule has 0 aliphatic carbocycles. The van der Waals surface area contributed by atoms with Gasteiger partial charge in [-0.15, -0.1) is 0 Å². The van der Waals surface area contributed by atoms with Crippen LogP contribution in [0.1, 0.15) is 28.0 Å². The second-order valence-electron chi connectivity index (χ2n) is 9.84. The van der Waals surface area contributed by atoms with Gasteiger partial charge in [0.15, 0.2) is 9.84 Å². The fraction of sp³-hybridized carbons (Fsp3) is 0.167. The number of amides is 2. The third-order valence-corrected chi connectivity index (χ3v) is 8.17. The molecule has 0 atom stereocenters. The number of allylic oxidation sites excluding steroid dienone is 1. The predicted octanol–water partition coefficient (Wildman–Crippen LogP) is 5.95. The van der Waals surface area contributed by atoms with Crippen molar-refractivity contribution in [3.63, 3.8) is 0 Å². The van der Waals surface area contributed by atoms with Crippen LogP contribution in [0, 0.1) is 6.92 Å². The number of hydrogen-bond donors (Lipinski definition) is 1. The normalized spacial score (nSPS) is 15.6. The van der Waals surface area contributed by atoms with Crippen molar-refractivity contribution in [1.82, 2.24) is 9.78 Å². The topological polar surface area (TPSA) is 101 Å². The summed E-state index contributed by atoms with van der Waals surface area (Å²) in [5, 5.41) is 6.92. The molecule has 12 heteroatoms. The van der Waals surface area contributed by atoms with Gasteiger partial charge in [0.2, 0.25) is 5.91 Å². The quantitative estimate of drug-likeness (QED) is 0.282. The molecule has 1 N–H and O–H groups in total. The number of aromatic nitrogens is 2. The number of carbonyl (C=O) groups excluding carboxylic acids is 2. The zero-order valence-electron chi connectivity index (χ0n) is 22.5. The molecule has 42 heavy (non-hydrogen) atoms. The molecule has 2 amide bonds. The minimum absolute atomic E-state index is 0.00754. The molecule has 0 spiro atoms. The van der Waals surface area contributed by atoms with Crippen LogP contribution in [0.2, 0.25) is 5.02 Å². The average molecular weight is 611 g/mol. The first-order valence-electron chi connectivity index (χ1n) is 12.8. The Balaban J connectivity index is 1.48. The number of para-hydroxylation sites is 1. The van der Waals surface area contributed by atoms with Gasteiger partial charge >= 0.3 is 0 Å². The van der Waals surface area contributed by atoms with E-state index in [9.17, 15) is 18.0 Å². The number of alkyl halides is 2. The number of anilines is 2. The highest BCUT2D eigenvalue weighted by molar-refractivity contribution is 7.90. The molecule has 0 unspecified atom stereocenters. The Labute approximate surface area is 246 Å². The van der Waals surface area contributed by atoms with E-state index < -0.39 is 39.6 Å². The molecule has 216 valence electrons. The van der Waals surface area contributed by atoms with Gasteiger partial charge in [0.25, 0.3) is 11.8 Å². The molecule has 1 aliphatic heterocycles. The number of nitrogens with one attached hydrogen (secondary N) is 1. The van der Waals surface area contributed by atoms with Gasteiger partial charge < -0.3 is 10.2 Å². The Morgan fingerprint density at radius 3 is 2.50 bits per heavy atom. The zero-order valence-corrected chi connectivity index (χ0v) is 24.1. The lowest BCUT2D eigenvalue weighted by Gasteiger charge is -2.23. The molecular formula is C30H25ClF2N4O4S. The monoisotopic (exact) mass is 610 g/mol. The van der Waals surface area contributed by atoms with E-state index in [1.807, 2.05) is 13.0 Å². The van der Waals surface area contributed by atoms with E-state index in [1.54, 1.807) is 29.1 Å². The lowest BCUT2D eigenvalue weighted by molar-refractivity contribution is -0.112. The number of carbonyl (C=O) groups is 2. The fourth-order valence-electron chi connectivity index (χ4n) is 4.67. The van der Waals surface area contributed by atoms with Crippen LogP contribution in [0.4, 0.5) is 20.2 Å². The summed E-state index contributed by atoms with van der Waals surface area (Å²) in [4.78, 5) is 27.8. The smallest absolute Gasteiger partial charge is 0.275 e. The maximum absolute atomic E-state index is 15.6. The molecule has 5 rings (SSSR count). The minimum Gasteiger partial charge on any atom is -0.322 e. The lowest BCUT2D eigenvalue weighted by Crippen LogP contribution is -2.33. The largest absolute Gasteiger partial charge is 0.322 e. The first kappa shape index (κ1) is 29.2. The molecule has 4 aromatic rings. The predicted molar refractivity (Wildman–Crippen MR) is 157 cm³/mol. The van der Waals surface area contributed by atoms with Crippen molar-refractivity contribution < 1.29 is 26.8 Å². The summed E-state index contributed by atoms with van der Waals surface area (Å²) < 4.78 is 56.5. The van der Waals surface area contributed by atoms with Crippen molar-refractivity contribution in [3.05, 3.63) is 107 Å². The zero-order chi connectivity index (χ0) is 30.2. The highest BCUT2D eigenvalue weighted by Gasteiger charge is 2.41. The van der Waals surface area contributed by atoms with Crippen molar-refractivity contribution in [1.29, 1.82) is 0 Å². The van der Waals surface area contributed by atoms with Crippen LogP contribution >= 0.6 is 11.6 Å². The third kappa shape index (κ3) is 5.97. The van der Waals surface area contributed by atoms with Crippen molar-refractivity contribution in [3.8, 4) is 5.69 Å². The lowest BCUT2D eigenvalue weighted by atomic mass is 9.97. The number of sulfone groups is 1. The summed E-state index contributed by atoms with van der Waals surface area (Å²) >= 11 is 6.50. The Kier molecular flexibility index (Phi) is 7.74. The molecule has 3 aromatic carbocycles. The standard InChI is InChI=1S/C30H25ClF2N4O4S/c1-19-12-14-37(35-19)21-10-11-24(26(31)17-21)29(39)36-15-13-30(32,33)25(23-8-3-4-9-27(23)36)18-28(38)34-20-6-5-7-22(16-20)42(2,40)41/h3-12,14,16-18H,13,15H2,1-2H3,(H,34,38)/b25-18-. The first-order chi connectivity index (χ1) is 19.8. The summed E-state index contributed by atoms with van der Waals surface area (Å²) in [6, 6.07) is 18.2. The number of aryl methyl sites for hydroxylation is 1. The number of halogens is 3. The molecule has 0 saturated carbocycles. The van der Waals surface area contributed by atoms with E-state index >= 15 is 8.78 Å². The van der Waals surface area contributed by atoms with E-state index in [0.29, 0.717) is 5.69 Å². The van der Waals surface area contributed by atoms with Crippen LogP contribution in [-0.2, 0) is 14.6 Å². The van der Waals surface area contributed by atoms with Crippen molar-refractivity contribution in [2.75, 3.05) is 23.0 Å². The Hall–Kier alpha value is -4.35. The van der Waals surface area contributed by atoms with E-state index in [0.717, 1.165) is 18.0 Å². The highest BCUT2D eigenvalue weighted by atomic mass is 35.5. The second kappa shape index (κ2) is 11.1. The number of rotatable bonds is 5. The van der Waals surface area contributed by atoms with E-state index in [-0.39, 0.29) is 39.0 Å². The van der Waals surface area contributed by atoms with E-state index in [1.165, 1.54) is 53.4 Å². The number of benzene rings is 3. The van der Waals surface area contributed by atoms with Gasteiger partial charge in [0.1, 0.15) is 0 Å². The van der Waals surface area contributed by atoms with Crippen molar-refractivity contribution in [2.45, 2.75) is 24.2 Å². The number of hydrogen-bond acceptors (Lipinski definition) is 5. The molecule has 0 fully saturated rings. The van der Waals surface area contributed by atoms with Gasteiger partial charge in [-0.1, -0.05) is 35.9 Å². The highest BCUT2D eigenvalue weighted by Crippen LogP contribution is 2.43. The van der Waals surface area contributed by atoms with Gasteiger partial charge in [-0.25, -0.2) is 21.9 Å². The molecule has 2 heterocycles. The first-order valence-corrected chi connectivity index (χ1v) is 15.0. The van der Waals surface area contributed by atoms with Crippen molar-refractivity contribution >= 4 is 50.2 Å². The number of nitrogens with zero attached hydrogens (tertiary/aromatic N) is 3. The molecule has 1 aromatic heterocycles. The Bertz CT molecular complexity index is 1850. The SMILES string of the molecule is Cc1ccn(-c2ccc(C(=O)N3CCC(F)(F)/C(=C\C(=O)Nc4cccc(S(C)(=O)=O)c4)c4ccccc43)c(Cl)c2)n1. The van der Waals surface area contributed by atoms with Gasteiger partial charge in [0.05, 0.1) is 32.6 Å². The molecule has 0 bridgehead atoms.